The number of carbonyl (C=O) groups is 2. The third kappa shape index (κ3) is 5.41. The van der Waals surface area contributed by atoms with Crippen LogP contribution in [0.3, 0.4) is 0 Å². The number of hydrogen-bond acceptors (Lipinski definition) is 5. The Hall–Kier alpha value is -3.68. The van der Waals surface area contributed by atoms with E-state index in [0.717, 1.165) is 11.3 Å². The van der Waals surface area contributed by atoms with E-state index in [-0.39, 0.29) is 18.8 Å². The second-order valence-corrected chi connectivity index (χ2v) is 6.42. The van der Waals surface area contributed by atoms with Gasteiger partial charge in [-0.1, -0.05) is 23.4 Å². The summed E-state index contributed by atoms with van der Waals surface area (Å²) in [4.78, 5) is 24.2. The third-order valence-corrected chi connectivity index (χ3v) is 4.25. The lowest BCUT2D eigenvalue weighted by Gasteiger charge is -2.10. The van der Waals surface area contributed by atoms with E-state index in [2.05, 4.69) is 16.0 Å². The Labute approximate surface area is 166 Å². The van der Waals surface area contributed by atoms with Gasteiger partial charge in [-0.05, 0) is 49.7 Å². The van der Waals surface area contributed by atoms with Crippen molar-refractivity contribution in [3.8, 4) is 5.75 Å². The second-order valence-electron chi connectivity index (χ2n) is 6.42. The maximum Gasteiger partial charge on any atom is 0.269 e. The summed E-state index contributed by atoms with van der Waals surface area (Å²) in [6.45, 7) is 3.89. The molecule has 0 aliphatic heterocycles. The van der Waals surface area contributed by atoms with E-state index >= 15 is 0 Å². The quantitative estimate of drug-likeness (QED) is 0.624. The van der Waals surface area contributed by atoms with Crippen LogP contribution in [0.5, 0.6) is 5.75 Å². The molecule has 7 nitrogen and oxygen atoms in total. The lowest BCUT2D eigenvalue weighted by Crippen LogP contribution is -2.42. The van der Waals surface area contributed by atoms with Gasteiger partial charge >= 0.3 is 0 Å². The predicted molar refractivity (Wildman–Crippen MR) is 102 cm³/mol. The molecular formula is C21H20FN3O4. The van der Waals surface area contributed by atoms with Crippen LogP contribution in [0.1, 0.15) is 32.9 Å². The van der Waals surface area contributed by atoms with E-state index in [4.69, 9.17) is 9.26 Å². The van der Waals surface area contributed by atoms with Gasteiger partial charge in [0.1, 0.15) is 23.9 Å². The van der Waals surface area contributed by atoms with Crippen molar-refractivity contribution >= 4 is 11.8 Å². The number of amides is 2. The van der Waals surface area contributed by atoms with E-state index in [9.17, 15) is 14.0 Å². The number of carbonyl (C=O) groups excluding carboxylic acids is 2. The molecule has 0 aliphatic carbocycles. The Bertz CT molecular complexity index is 996. The molecule has 3 aromatic rings. The number of hydrazine groups is 1. The smallest absolute Gasteiger partial charge is 0.269 e. The van der Waals surface area contributed by atoms with Crippen molar-refractivity contribution in [2.24, 2.45) is 0 Å². The minimum atomic E-state index is -0.486. The highest BCUT2D eigenvalue weighted by Gasteiger charge is 2.12. The number of aromatic nitrogens is 1. The van der Waals surface area contributed by atoms with Crippen molar-refractivity contribution in [3.05, 3.63) is 82.5 Å². The van der Waals surface area contributed by atoms with Crippen LogP contribution in [0.2, 0.25) is 0 Å². The van der Waals surface area contributed by atoms with Gasteiger partial charge in [0, 0.05) is 5.56 Å². The van der Waals surface area contributed by atoms with Crippen LogP contribution in [-0.2, 0) is 17.8 Å². The molecular weight excluding hydrogens is 377 g/mol. The number of ether oxygens (including phenoxy) is 1. The van der Waals surface area contributed by atoms with Gasteiger partial charge in [-0.25, -0.2) is 4.39 Å². The van der Waals surface area contributed by atoms with Gasteiger partial charge in [-0.3, -0.25) is 20.4 Å². The summed E-state index contributed by atoms with van der Waals surface area (Å²) in [5.41, 5.74) is 7.25. The van der Waals surface area contributed by atoms with Crippen LogP contribution in [0, 0.1) is 19.7 Å². The Morgan fingerprint density at radius 3 is 2.55 bits per heavy atom. The van der Waals surface area contributed by atoms with Crippen molar-refractivity contribution in [2.45, 2.75) is 26.9 Å². The molecule has 1 heterocycles. The summed E-state index contributed by atoms with van der Waals surface area (Å²) >= 11 is 0. The minimum Gasteiger partial charge on any atom is -0.489 e. The standard InChI is InChI=1S/C21H20FN3O4/c1-13-19(14(2)29-25-13)12-28-18-5-3-4-16(11-18)21(27)24-23-20(26)10-15-6-8-17(22)9-7-15/h3-9,11H,10,12H2,1-2H3,(H,23,26)(H,24,27). The Morgan fingerprint density at radius 1 is 1.10 bits per heavy atom. The number of hydrogen-bond donors (Lipinski definition) is 2. The van der Waals surface area contributed by atoms with Crippen LogP contribution in [0.4, 0.5) is 4.39 Å². The molecule has 1 aromatic heterocycles. The molecule has 0 saturated carbocycles. The molecule has 0 radical (unpaired) electrons. The zero-order chi connectivity index (χ0) is 20.8. The highest BCUT2D eigenvalue weighted by atomic mass is 19.1. The Balaban J connectivity index is 1.53. The largest absolute Gasteiger partial charge is 0.489 e. The summed E-state index contributed by atoms with van der Waals surface area (Å²) in [5.74, 6) is -0.106. The van der Waals surface area contributed by atoms with Crippen molar-refractivity contribution in [3.63, 3.8) is 0 Å². The molecule has 150 valence electrons. The topological polar surface area (TPSA) is 93.5 Å². The van der Waals surface area contributed by atoms with Crippen LogP contribution in [0.25, 0.3) is 0 Å². The number of nitrogens with zero attached hydrogens (tertiary/aromatic N) is 1. The average molecular weight is 397 g/mol. The maximum absolute atomic E-state index is 12.9. The molecule has 2 N–H and O–H groups in total. The van der Waals surface area contributed by atoms with Crippen molar-refractivity contribution in [1.82, 2.24) is 16.0 Å². The third-order valence-electron chi connectivity index (χ3n) is 4.25. The molecule has 0 saturated heterocycles. The fourth-order valence-corrected chi connectivity index (χ4v) is 2.62. The highest BCUT2D eigenvalue weighted by Crippen LogP contribution is 2.18. The summed E-state index contributed by atoms with van der Waals surface area (Å²) in [5, 5.41) is 3.87. The maximum atomic E-state index is 12.9. The van der Waals surface area contributed by atoms with Gasteiger partial charge in [0.2, 0.25) is 5.91 Å². The van der Waals surface area contributed by atoms with Gasteiger partial charge < -0.3 is 9.26 Å². The van der Waals surface area contributed by atoms with Gasteiger partial charge in [0.15, 0.2) is 0 Å². The van der Waals surface area contributed by atoms with Gasteiger partial charge in [0.25, 0.3) is 5.91 Å². The van der Waals surface area contributed by atoms with Crippen LogP contribution in [-0.4, -0.2) is 17.0 Å². The molecule has 3 rings (SSSR count). The highest BCUT2D eigenvalue weighted by molar-refractivity contribution is 5.95. The van der Waals surface area contributed by atoms with Gasteiger partial charge in [-0.15, -0.1) is 0 Å². The normalized spacial score (nSPS) is 10.4. The minimum absolute atomic E-state index is 0.0150. The van der Waals surface area contributed by atoms with Gasteiger partial charge in [-0.2, -0.15) is 0 Å². The van der Waals surface area contributed by atoms with Crippen molar-refractivity contribution in [1.29, 1.82) is 0 Å². The first-order chi connectivity index (χ1) is 13.9. The summed E-state index contributed by atoms with van der Waals surface area (Å²) in [6.07, 6.45) is 0.0150. The van der Waals surface area contributed by atoms with E-state index < -0.39 is 11.8 Å². The van der Waals surface area contributed by atoms with E-state index in [1.165, 1.54) is 24.3 Å². The molecule has 29 heavy (non-hydrogen) atoms. The molecule has 2 aromatic carbocycles. The van der Waals surface area contributed by atoms with Crippen LogP contribution >= 0.6 is 0 Å². The first kappa shape index (κ1) is 20.1. The zero-order valence-corrected chi connectivity index (χ0v) is 16.0. The lowest BCUT2D eigenvalue weighted by atomic mass is 10.1. The monoisotopic (exact) mass is 397 g/mol. The number of aryl methyl sites for hydroxylation is 2. The van der Waals surface area contributed by atoms with Gasteiger partial charge in [0.05, 0.1) is 17.7 Å². The molecule has 0 spiro atoms. The van der Waals surface area contributed by atoms with Crippen LogP contribution in [0.15, 0.2) is 53.1 Å². The van der Waals surface area contributed by atoms with Crippen molar-refractivity contribution in [2.75, 3.05) is 0 Å². The zero-order valence-electron chi connectivity index (χ0n) is 16.0. The Kier molecular flexibility index (Phi) is 6.23. The number of nitrogens with one attached hydrogen (secondary N) is 2. The lowest BCUT2D eigenvalue weighted by molar-refractivity contribution is -0.121. The fourth-order valence-electron chi connectivity index (χ4n) is 2.62. The first-order valence-corrected chi connectivity index (χ1v) is 8.90. The molecule has 0 fully saturated rings. The second kappa shape index (κ2) is 9.01. The molecule has 0 bridgehead atoms. The van der Waals surface area contributed by atoms with Crippen molar-refractivity contribution < 1.29 is 23.2 Å². The molecule has 0 unspecified atom stereocenters. The van der Waals surface area contributed by atoms with E-state index in [1.807, 2.05) is 6.92 Å². The summed E-state index contributed by atoms with van der Waals surface area (Å²) < 4.78 is 23.7. The number of halogens is 1. The number of benzene rings is 2. The molecule has 0 atom stereocenters. The summed E-state index contributed by atoms with van der Waals surface area (Å²) in [6, 6.07) is 12.1. The molecule has 2 amide bonds. The average Bonchev–Trinajstić information content (AvgIpc) is 3.04. The SMILES string of the molecule is Cc1noc(C)c1COc1cccc(C(=O)NNC(=O)Cc2ccc(F)cc2)c1. The number of rotatable bonds is 6. The van der Waals surface area contributed by atoms with Crippen LogP contribution < -0.4 is 15.6 Å². The molecule has 0 aliphatic rings. The first-order valence-electron chi connectivity index (χ1n) is 8.90. The summed E-state index contributed by atoms with van der Waals surface area (Å²) in [7, 11) is 0. The Morgan fingerprint density at radius 2 is 1.86 bits per heavy atom. The molecule has 8 heteroatoms. The fraction of sp³-hybridized carbons (Fsp3) is 0.190. The predicted octanol–water partition coefficient (Wildman–Crippen LogP) is 3.01. The van der Waals surface area contributed by atoms with E-state index in [0.29, 0.717) is 22.6 Å². The van der Waals surface area contributed by atoms with E-state index in [1.54, 1.807) is 31.2 Å².